The lowest BCUT2D eigenvalue weighted by Gasteiger charge is -2.02. The third kappa shape index (κ3) is 1.46. The second-order valence-electron chi connectivity index (χ2n) is 3.71. The van der Waals surface area contributed by atoms with E-state index in [4.69, 9.17) is 4.42 Å². The molecule has 0 aliphatic carbocycles. The Morgan fingerprint density at radius 3 is 2.78 bits per heavy atom. The van der Waals surface area contributed by atoms with Gasteiger partial charge in [-0.3, -0.25) is 4.79 Å². The van der Waals surface area contributed by atoms with Gasteiger partial charge in [0.05, 0.1) is 17.2 Å². The maximum absolute atomic E-state index is 13.1. The van der Waals surface area contributed by atoms with Crippen molar-refractivity contribution in [3.8, 4) is 5.88 Å². The zero-order valence-corrected chi connectivity index (χ0v) is 9.01. The number of furan rings is 1. The summed E-state index contributed by atoms with van der Waals surface area (Å²) in [6.45, 7) is 0. The number of nitrogens with zero attached hydrogens (tertiary/aromatic N) is 1. The SMILES string of the molecule is O=c1[nH]c2ccc(F)cc2c(=O)n1-c1ccco1. The average Bonchev–Trinajstić information content (AvgIpc) is 2.84. The van der Waals surface area contributed by atoms with Crippen LogP contribution >= 0.6 is 0 Å². The van der Waals surface area contributed by atoms with Gasteiger partial charge in [0.25, 0.3) is 5.56 Å². The summed E-state index contributed by atoms with van der Waals surface area (Å²) in [5.41, 5.74) is -0.966. The number of H-pyrrole nitrogens is 1. The highest BCUT2D eigenvalue weighted by atomic mass is 19.1. The molecule has 2 aromatic heterocycles. The molecule has 3 rings (SSSR count). The molecule has 2 heterocycles. The minimum Gasteiger partial charge on any atom is -0.448 e. The zero-order chi connectivity index (χ0) is 12.7. The zero-order valence-electron chi connectivity index (χ0n) is 9.01. The lowest BCUT2D eigenvalue weighted by atomic mass is 10.2. The molecule has 0 saturated heterocycles. The van der Waals surface area contributed by atoms with Gasteiger partial charge in [0.2, 0.25) is 5.88 Å². The Hall–Kier alpha value is -2.63. The van der Waals surface area contributed by atoms with Crippen LogP contribution in [0, 0.1) is 5.82 Å². The first kappa shape index (κ1) is 10.5. The number of nitrogens with one attached hydrogen (secondary N) is 1. The Balaban J connectivity index is 2.48. The van der Waals surface area contributed by atoms with Gasteiger partial charge in [-0.15, -0.1) is 0 Å². The van der Waals surface area contributed by atoms with Crippen molar-refractivity contribution in [1.82, 2.24) is 9.55 Å². The third-order valence-electron chi connectivity index (χ3n) is 2.59. The molecule has 0 saturated carbocycles. The van der Waals surface area contributed by atoms with E-state index in [2.05, 4.69) is 4.98 Å². The van der Waals surface area contributed by atoms with Crippen LogP contribution in [0.5, 0.6) is 0 Å². The number of hydrogen-bond donors (Lipinski definition) is 1. The summed E-state index contributed by atoms with van der Waals surface area (Å²) in [4.78, 5) is 26.4. The van der Waals surface area contributed by atoms with E-state index in [9.17, 15) is 14.0 Å². The van der Waals surface area contributed by atoms with E-state index >= 15 is 0 Å². The standard InChI is InChI=1S/C12H7FN2O3/c13-7-3-4-9-8(6-7)11(16)15(12(17)14-9)10-2-1-5-18-10/h1-6H,(H,14,17). The van der Waals surface area contributed by atoms with Crippen LogP contribution in [0.15, 0.2) is 50.6 Å². The second-order valence-corrected chi connectivity index (χ2v) is 3.71. The minimum absolute atomic E-state index is 0.0889. The van der Waals surface area contributed by atoms with Gasteiger partial charge in [-0.05, 0) is 24.3 Å². The molecule has 0 fully saturated rings. The lowest BCUT2D eigenvalue weighted by molar-refractivity contribution is 0.528. The molecular weight excluding hydrogens is 239 g/mol. The van der Waals surface area contributed by atoms with E-state index in [-0.39, 0.29) is 16.8 Å². The second kappa shape index (κ2) is 3.69. The molecule has 0 unspecified atom stereocenters. The fourth-order valence-electron chi connectivity index (χ4n) is 1.78. The Labute approximate surface area is 99.1 Å². The lowest BCUT2D eigenvalue weighted by Crippen LogP contribution is -2.33. The van der Waals surface area contributed by atoms with Gasteiger partial charge in [-0.25, -0.2) is 9.18 Å². The van der Waals surface area contributed by atoms with Crippen LogP contribution in [0.2, 0.25) is 0 Å². The molecule has 1 aromatic carbocycles. The number of benzene rings is 1. The van der Waals surface area contributed by atoms with Crippen LogP contribution in [0.3, 0.4) is 0 Å². The summed E-state index contributed by atoms with van der Waals surface area (Å²) in [5, 5.41) is 0.0889. The molecule has 0 spiro atoms. The Morgan fingerprint density at radius 2 is 2.06 bits per heavy atom. The van der Waals surface area contributed by atoms with Crippen molar-refractivity contribution in [2.75, 3.05) is 0 Å². The van der Waals surface area contributed by atoms with E-state index in [1.165, 1.54) is 24.5 Å². The summed E-state index contributed by atoms with van der Waals surface area (Å²) in [7, 11) is 0. The van der Waals surface area contributed by atoms with Crippen LogP contribution < -0.4 is 11.2 Å². The van der Waals surface area contributed by atoms with Crippen molar-refractivity contribution < 1.29 is 8.81 Å². The maximum atomic E-state index is 13.1. The average molecular weight is 246 g/mol. The first-order valence-corrected chi connectivity index (χ1v) is 5.15. The number of rotatable bonds is 1. The van der Waals surface area contributed by atoms with E-state index in [1.54, 1.807) is 6.07 Å². The predicted molar refractivity (Wildman–Crippen MR) is 62.4 cm³/mol. The Kier molecular flexibility index (Phi) is 2.16. The largest absolute Gasteiger partial charge is 0.448 e. The van der Waals surface area contributed by atoms with Gasteiger partial charge in [0.1, 0.15) is 5.82 Å². The van der Waals surface area contributed by atoms with Gasteiger partial charge in [-0.1, -0.05) is 0 Å². The number of halogens is 1. The van der Waals surface area contributed by atoms with E-state index in [0.29, 0.717) is 0 Å². The molecule has 90 valence electrons. The highest BCUT2D eigenvalue weighted by Gasteiger charge is 2.11. The molecule has 6 heteroatoms. The van der Waals surface area contributed by atoms with Gasteiger partial charge in [-0.2, -0.15) is 4.57 Å². The number of hydrogen-bond acceptors (Lipinski definition) is 3. The molecule has 0 aliphatic heterocycles. The smallest absolute Gasteiger partial charge is 0.335 e. The maximum Gasteiger partial charge on any atom is 0.335 e. The van der Waals surface area contributed by atoms with Gasteiger partial charge in [0, 0.05) is 6.07 Å². The van der Waals surface area contributed by atoms with Crippen LogP contribution in [0.4, 0.5) is 4.39 Å². The van der Waals surface area contributed by atoms with Gasteiger partial charge < -0.3 is 9.40 Å². The monoisotopic (exact) mass is 246 g/mol. The van der Waals surface area contributed by atoms with Gasteiger partial charge in [0.15, 0.2) is 0 Å². The van der Waals surface area contributed by atoms with Crippen LogP contribution in [-0.4, -0.2) is 9.55 Å². The van der Waals surface area contributed by atoms with Crippen molar-refractivity contribution in [2.24, 2.45) is 0 Å². The highest BCUT2D eigenvalue weighted by Crippen LogP contribution is 2.09. The van der Waals surface area contributed by atoms with Crippen LogP contribution in [0.25, 0.3) is 16.8 Å². The summed E-state index contributed by atoms with van der Waals surface area (Å²) in [6.07, 6.45) is 1.34. The molecular formula is C12H7FN2O3. The summed E-state index contributed by atoms with van der Waals surface area (Å²) in [5.74, 6) is -0.454. The van der Waals surface area contributed by atoms with Crippen LogP contribution in [0.1, 0.15) is 0 Å². The minimum atomic E-state index is -0.631. The van der Waals surface area contributed by atoms with Crippen molar-refractivity contribution in [3.05, 3.63) is 63.3 Å². The topological polar surface area (TPSA) is 68.0 Å². The molecule has 5 nitrogen and oxygen atoms in total. The number of aromatic nitrogens is 2. The fourth-order valence-corrected chi connectivity index (χ4v) is 1.78. The molecule has 18 heavy (non-hydrogen) atoms. The molecule has 0 amide bonds. The van der Waals surface area contributed by atoms with Gasteiger partial charge >= 0.3 is 5.69 Å². The normalized spacial score (nSPS) is 10.9. The molecule has 0 atom stereocenters. The van der Waals surface area contributed by atoms with E-state index < -0.39 is 17.1 Å². The molecule has 0 aliphatic rings. The molecule has 0 bridgehead atoms. The highest BCUT2D eigenvalue weighted by molar-refractivity contribution is 5.77. The van der Waals surface area contributed by atoms with E-state index in [0.717, 1.165) is 10.6 Å². The summed E-state index contributed by atoms with van der Waals surface area (Å²) < 4.78 is 19.0. The van der Waals surface area contributed by atoms with Crippen molar-refractivity contribution >= 4 is 10.9 Å². The number of fused-ring (bicyclic) bond motifs is 1. The van der Waals surface area contributed by atoms with Crippen molar-refractivity contribution in [3.63, 3.8) is 0 Å². The van der Waals surface area contributed by atoms with E-state index in [1.807, 2.05) is 0 Å². The van der Waals surface area contributed by atoms with Crippen molar-refractivity contribution in [1.29, 1.82) is 0 Å². The quantitative estimate of drug-likeness (QED) is 0.705. The predicted octanol–water partition coefficient (Wildman–Crippen LogP) is 1.41. The Bertz CT molecular complexity index is 831. The van der Waals surface area contributed by atoms with Crippen LogP contribution in [-0.2, 0) is 0 Å². The fraction of sp³-hybridized carbons (Fsp3) is 0. The molecule has 3 aromatic rings. The number of aromatic amines is 1. The first-order chi connectivity index (χ1) is 8.66. The Morgan fingerprint density at radius 1 is 1.22 bits per heavy atom. The summed E-state index contributed by atoms with van der Waals surface area (Å²) in [6, 6.07) is 6.63. The molecule has 0 radical (unpaired) electrons. The third-order valence-corrected chi connectivity index (χ3v) is 2.59. The first-order valence-electron chi connectivity index (χ1n) is 5.15. The van der Waals surface area contributed by atoms with Crippen molar-refractivity contribution in [2.45, 2.75) is 0 Å². The summed E-state index contributed by atoms with van der Waals surface area (Å²) >= 11 is 0. The molecule has 1 N–H and O–H groups in total.